The van der Waals surface area contributed by atoms with Gasteiger partial charge in [-0.3, -0.25) is 0 Å². The Morgan fingerprint density at radius 3 is 3.05 bits per heavy atom. The maximum atomic E-state index is 8.66. The van der Waals surface area contributed by atoms with Crippen LogP contribution in [-0.4, -0.2) is 47.0 Å². The minimum atomic E-state index is 0.386. The third-order valence-electron chi connectivity index (χ3n) is 2.70. The largest absolute Gasteiger partial charge is 0.378 e. The van der Waals surface area contributed by atoms with Gasteiger partial charge in [0.15, 0.2) is 10.8 Å². The molecule has 1 saturated heterocycles. The molecule has 1 fully saturated rings. The molecule has 0 N–H and O–H groups in total. The Labute approximate surface area is 118 Å². The summed E-state index contributed by atoms with van der Waals surface area (Å²) in [7, 11) is 0. The van der Waals surface area contributed by atoms with Gasteiger partial charge in [0.1, 0.15) is 16.1 Å². The van der Waals surface area contributed by atoms with E-state index in [4.69, 9.17) is 10.00 Å². The number of thiazole rings is 1. The Morgan fingerprint density at radius 2 is 2.26 bits per heavy atom. The minimum Gasteiger partial charge on any atom is -0.378 e. The fourth-order valence-corrected chi connectivity index (χ4v) is 3.62. The van der Waals surface area contributed by atoms with Crippen LogP contribution < -0.4 is 4.90 Å². The first kappa shape index (κ1) is 12.6. The molecule has 1 aliphatic rings. The summed E-state index contributed by atoms with van der Waals surface area (Å²) in [4.78, 5) is 15.2. The molecule has 1 aliphatic heterocycles. The summed E-state index contributed by atoms with van der Waals surface area (Å²) in [5.41, 5.74) is 0.710. The zero-order chi connectivity index (χ0) is 13.1. The molecule has 3 rings (SSSR count). The van der Waals surface area contributed by atoms with Crippen molar-refractivity contribution in [3.8, 4) is 6.07 Å². The van der Waals surface area contributed by atoms with Crippen molar-refractivity contribution in [1.29, 1.82) is 5.26 Å². The maximum absolute atomic E-state index is 8.66. The predicted molar refractivity (Wildman–Crippen MR) is 74.6 cm³/mol. The molecule has 19 heavy (non-hydrogen) atoms. The van der Waals surface area contributed by atoms with Crippen LogP contribution in [0.2, 0.25) is 0 Å². The van der Waals surface area contributed by atoms with Gasteiger partial charge in [0.2, 0.25) is 0 Å². The van der Waals surface area contributed by atoms with Crippen LogP contribution in [0.4, 0.5) is 5.13 Å². The molecule has 0 aliphatic carbocycles. The Balaban J connectivity index is 1.93. The van der Waals surface area contributed by atoms with Gasteiger partial charge < -0.3 is 9.64 Å². The van der Waals surface area contributed by atoms with Gasteiger partial charge in [0, 0.05) is 13.1 Å². The normalized spacial score (nSPS) is 15.6. The SMILES string of the molecule is N#CCSc1ncnc2nc(N3CCOCC3)sc12. The van der Waals surface area contributed by atoms with Crippen molar-refractivity contribution in [1.82, 2.24) is 15.0 Å². The first-order valence-electron chi connectivity index (χ1n) is 5.82. The summed E-state index contributed by atoms with van der Waals surface area (Å²) in [6.45, 7) is 3.18. The molecule has 8 heteroatoms. The van der Waals surface area contributed by atoms with Crippen molar-refractivity contribution < 1.29 is 4.74 Å². The Hall–Kier alpha value is -1.43. The van der Waals surface area contributed by atoms with Crippen molar-refractivity contribution >= 4 is 38.6 Å². The molecule has 0 aromatic carbocycles. The van der Waals surface area contributed by atoms with Crippen LogP contribution in [0.1, 0.15) is 0 Å². The smallest absolute Gasteiger partial charge is 0.188 e. The number of hydrogen-bond donors (Lipinski definition) is 0. The number of nitrogens with zero attached hydrogens (tertiary/aromatic N) is 5. The molecular formula is C11H11N5OS2. The summed E-state index contributed by atoms with van der Waals surface area (Å²) in [5, 5.41) is 10.5. The van der Waals surface area contributed by atoms with E-state index in [0.29, 0.717) is 11.4 Å². The summed E-state index contributed by atoms with van der Waals surface area (Å²) in [5.74, 6) is 0.386. The Bertz CT molecular complexity index is 617. The number of thioether (sulfide) groups is 1. The lowest BCUT2D eigenvalue weighted by atomic mass is 10.5. The van der Waals surface area contributed by atoms with Gasteiger partial charge in [-0.2, -0.15) is 10.2 Å². The number of nitriles is 1. The summed E-state index contributed by atoms with van der Waals surface area (Å²) < 4.78 is 6.30. The molecule has 0 unspecified atom stereocenters. The summed E-state index contributed by atoms with van der Waals surface area (Å²) in [6, 6.07) is 2.11. The quantitative estimate of drug-likeness (QED) is 0.627. The molecule has 3 heterocycles. The number of anilines is 1. The first-order chi connectivity index (χ1) is 9.38. The van der Waals surface area contributed by atoms with Crippen molar-refractivity contribution in [2.24, 2.45) is 0 Å². The second-order valence-corrected chi connectivity index (χ2v) is 5.82. The van der Waals surface area contributed by atoms with Crippen LogP contribution in [0.25, 0.3) is 10.3 Å². The minimum absolute atomic E-state index is 0.386. The summed E-state index contributed by atoms with van der Waals surface area (Å²) >= 11 is 3.01. The number of hydrogen-bond acceptors (Lipinski definition) is 8. The van der Waals surface area contributed by atoms with Crippen LogP contribution in [0.5, 0.6) is 0 Å². The van der Waals surface area contributed by atoms with Crippen LogP contribution in [0.3, 0.4) is 0 Å². The average Bonchev–Trinajstić information content (AvgIpc) is 2.90. The van der Waals surface area contributed by atoms with Crippen LogP contribution >= 0.6 is 23.1 Å². The van der Waals surface area contributed by atoms with Gasteiger partial charge in [-0.25, -0.2) is 9.97 Å². The molecule has 0 atom stereocenters. The van der Waals surface area contributed by atoms with Crippen molar-refractivity contribution in [2.75, 3.05) is 37.0 Å². The highest BCUT2D eigenvalue weighted by atomic mass is 32.2. The fourth-order valence-electron chi connectivity index (χ4n) is 1.82. The van der Waals surface area contributed by atoms with E-state index < -0.39 is 0 Å². The zero-order valence-electron chi connectivity index (χ0n) is 10.1. The van der Waals surface area contributed by atoms with Crippen LogP contribution in [0.15, 0.2) is 11.4 Å². The molecule has 98 valence electrons. The topological polar surface area (TPSA) is 74.9 Å². The molecule has 0 amide bonds. The molecule has 2 aromatic rings. The van der Waals surface area contributed by atoms with Gasteiger partial charge in [0.25, 0.3) is 0 Å². The second-order valence-electron chi connectivity index (χ2n) is 3.87. The molecule has 6 nitrogen and oxygen atoms in total. The Kier molecular flexibility index (Phi) is 3.77. The molecule has 0 radical (unpaired) electrons. The van der Waals surface area contributed by atoms with Gasteiger partial charge in [-0.15, -0.1) is 0 Å². The lowest BCUT2D eigenvalue weighted by molar-refractivity contribution is 0.122. The number of fused-ring (bicyclic) bond motifs is 1. The lowest BCUT2D eigenvalue weighted by Gasteiger charge is -2.25. The van der Waals surface area contributed by atoms with Gasteiger partial charge in [-0.1, -0.05) is 23.1 Å². The molecular weight excluding hydrogens is 282 g/mol. The van der Waals surface area contributed by atoms with Crippen molar-refractivity contribution in [3.63, 3.8) is 0 Å². The first-order valence-corrected chi connectivity index (χ1v) is 7.62. The van der Waals surface area contributed by atoms with E-state index in [-0.39, 0.29) is 0 Å². The standard InChI is InChI=1S/C11H11N5OS2/c12-1-6-18-10-8-9(13-7-14-10)15-11(19-8)16-2-4-17-5-3-16/h7H,2-6H2. The van der Waals surface area contributed by atoms with Crippen molar-refractivity contribution in [2.45, 2.75) is 5.03 Å². The van der Waals surface area contributed by atoms with E-state index in [2.05, 4.69) is 25.9 Å². The highest BCUT2D eigenvalue weighted by molar-refractivity contribution is 7.99. The van der Waals surface area contributed by atoms with Crippen LogP contribution in [-0.2, 0) is 4.74 Å². The zero-order valence-corrected chi connectivity index (χ0v) is 11.7. The third-order valence-corrected chi connectivity index (χ3v) is 4.80. The van der Waals surface area contributed by atoms with E-state index in [1.807, 2.05) is 0 Å². The maximum Gasteiger partial charge on any atom is 0.188 e. The monoisotopic (exact) mass is 293 g/mol. The average molecular weight is 293 g/mol. The number of morpholine rings is 1. The number of ether oxygens (including phenoxy) is 1. The number of rotatable bonds is 3. The number of aromatic nitrogens is 3. The summed E-state index contributed by atoms with van der Waals surface area (Å²) in [6.07, 6.45) is 1.50. The molecule has 0 saturated carbocycles. The van der Waals surface area contributed by atoms with E-state index in [0.717, 1.165) is 41.2 Å². The van der Waals surface area contributed by atoms with E-state index in [9.17, 15) is 0 Å². The third kappa shape index (κ3) is 2.63. The lowest BCUT2D eigenvalue weighted by Crippen LogP contribution is -2.36. The van der Waals surface area contributed by atoms with E-state index in [1.54, 1.807) is 11.3 Å². The molecule has 2 aromatic heterocycles. The van der Waals surface area contributed by atoms with Gasteiger partial charge in [-0.05, 0) is 0 Å². The molecule has 0 spiro atoms. The van der Waals surface area contributed by atoms with E-state index >= 15 is 0 Å². The van der Waals surface area contributed by atoms with Crippen molar-refractivity contribution in [3.05, 3.63) is 6.33 Å². The van der Waals surface area contributed by atoms with Gasteiger partial charge >= 0.3 is 0 Å². The highest BCUT2D eigenvalue weighted by Crippen LogP contribution is 2.33. The Morgan fingerprint density at radius 1 is 1.42 bits per heavy atom. The predicted octanol–water partition coefficient (Wildman–Crippen LogP) is 1.54. The molecule has 0 bridgehead atoms. The highest BCUT2D eigenvalue weighted by Gasteiger charge is 2.17. The fraction of sp³-hybridized carbons (Fsp3) is 0.455. The second kappa shape index (κ2) is 5.69. The van der Waals surface area contributed by atoms with Gasteiger partial charge in [0.05, 0.1) is 25.0 Å². The van der Waals surface area contributed by atoms with Crippen LogP contribution in [0, 0.1) is 11.3 Å². The van der Waals surface area contributed by atoms with E-state index in [1.165, 1.54) is 18.1 Å².